The summed E-state index contributed by atoms with van der Waals surface area (Å²) in [6, 6.07) is 9.46. The first-order valence-corrected chi connectivity index (χ1v) is 6.44. The standard InChI is InChI=1S/C14H16N2O4/c17-14(20-11-13-4-2-1-3-5-13)15-8-6-12(7-9-15)10-16(18)19/h1-5,10H,6-9,11H2. The van der Waals surface area contributed by atoms with Crippen molar-refractivity contribution >= 4 is 6.09 Å². The summed E-state index contributed by atoms with van der Waals surface area (Å²) in [5.74, 6) is 0. The number of rotatable bonds is 3. The molecule has 0 saturated carbocycles. The summed E-state index contributed by atoms with van der Waals surface area (Å²) in [7, 11) is 0. The van der Waals surface area contributed by atoms with Gasteiger partial charge in [-0.3, -0.25) is 10.1 Å². The lowest BCUT2D eigenvalue weighted by Gasteiger charge is -2.26. The van der Waals surface area contributed by atoms with Gasteiger partial charge in [0.05, 0.1) is 4.92 Å². The van der Waals surface area contributed by atoms with E-state index in [9.17, 15) is 14.9 Å². The summed E-state index contributed by atoms with van der Waals surface area (Å²) in [5, 5.41) is 10.4. The van der Waals surface area contributed by atoms with Gasteiger partial charge in [-0.25, -0.2) is 4.79 Å². The molecule has 1 amide bonds. The molecular formula is C14H16N2O4. The third-order valence-electron chi connectivity index (χ3n) is 3.16. The summed E-state index contributed by atoms with van der Waals surface area (Å²) in [5.41, 5.74) is 1.70. The molecule has 1 aromatic carbocycles. The van der Waals surface area contributed by atoms with Gasteiger partial charge in [-0.15, -0.1) is 0 Å². The number of piperidine rings is 1. The van der Waals surface area contributed by atoms with Crippen molar-refractivity contribution < 1.29 is 14.5 Å². The van der Waals surface area contributed by atoms with Gasteiger partial charge in [0.25, 0.3) is 0 Å². The van der Waals surface area contributed by atoms with Crippen molar-refractivity contribution in [2.45, 2.75) is 19.4 Å². The van der Waals surface area contributed by atoms with E-state index in [0.29, 0.717) is 25.9 Å². The van der Waals surface area contributed by atoms with Crippen molar-refractivity contribution in [2.24, 2.45) is 0 Å². The van der Waals surface area contributed by atoms with E-state index in [1.807, 2.05) is 30.3 Å². The van der Waals surface area contributed by atoms with Gasteiger partial charge in [0, 0.05) is 18.7 Å². The number of nitro groups is 1. The van der Waals surface area contributed by atoms with Gasteiger partial charge in [-0.1, -0.05) is 30.3 Å². The van der Waals surface area contributed by atoms with E-state index < -0.39 is 4.92 Å². The van der Waals surface area contributed by atoms with Crippen LogP contribution >= 0.6 is 0 Å². The molecule has 1 aliphatic rings. The number of carbonyl (C=O) groups excluding carboxylic acids is 1. The zero-order chi connectivity index (χ0) is 14.4. The van der Waals surface area contributed by atoms with E-state index >= 15 is 0 Å². The molecule has 1 aliphatic heterocycles. The van der Waals surface area contributed by atoms with Crippen LogP contribution in [0.3, 0.4) is 0 Å². The number of hydrogen-bond donors (Lipinski definition) is 0. The van der Waals surface area contributed by atoms with Crippen molar-refractivity contribution in [2.75, 3.05) is 13.1 Å². The number of likely N-dealkylation sites (tertiary alicyclic amines) is 1. The summed E-state index contributed by atoms with van der Waals surface area (Å²) in [6.07, 6.45) is 1.73. The Kier molecular flexibility index (Phi) is 4.70. The second-order valence-corrected chi connectivity index (χ2v) is 4.60. The molecule has 0 spiro atoms. The monoisotopic (exact) mass is 276 g/mol. The Balaban J connectivity index is 1.79. The van der Waals surface area contributed by atoms with Gasteiger partial charge in [0.1, 0.15) is 6.61 Å². The van der Waals surface area contributed by atoms with Gasteiger partial charge < -0.3 is 9.64 Å². The molecule has 0 aromatic heterocycles. The molecule has 0 bridgehead atoms. The fourth-order valence-corrected chi connectivity index (χ4v) is 2.07. The largest absolute Gasteiger partial charge is 0.445 e. The van der Waals surface area contributed by atoms with Gasteiger partial charge in [-0.2, -0.15) is 0 Å². The smallest absolute Gasteiger partial charge is 0.410 e. The van der Waals surface area contributed by atoms with E-state index in [-0.39, 0.29) is 12.7 Å². The average molecular weight is 276 g/mol. The first kappa shape index (κ1) is 14.0. The lowest BCUT2D eigenvalue weighted by atomic mass is 10.1. The predicted molar refractivity (Wildman–Crippen MR) is 72.5 cm³/mol. The Hall–Kier alpha value is -2.37. The van der Waals surface area contributed by atoms with E-state index in [1.54, 1.807) is 4.90 Å². The number of hydrogen-bond acceptors (Lipinski definition) is 4. The van der Waals surface area contributed by atoms with Crippen LogP contribution in [-0.2, 0) is 11.3 Å². The summed E-state index contributed by atoms with van der Waals surface area (Å²) in [4.78, 5) is 23.4. The minimum absolute atomic E-state index is 0.244. The maximum atomic E-state index is 11.9. The number of benzene rings is 1. The quantitative estimate of drug-likeness (QED) is 0.628. The topological polar surface area (TPSA) is 72.7 Å². The Bertz CT molecular complexity index is 503. The highest BCUT2D eigenvalue weighted by Crippen LogP contribution is 2.17. The molecule has 1 heterocycles. The highest BCUT2D eigenvalue weighted by atomic mass is 16.6. The highest BCUT2D eigenvalue weighted by molar-refractivity contribution is 5.67. The molecule has 0 aliphatic carbocycles. The molecule has 0 unspecified atom stereocenters. The fraction of sp³-hybridized carbons (Fsp3) is 0.357. The SMILES string of the molecule is O=C(OCc1ccccc1)N1CCC(=C[N+](=O)[O-])CC1. The number of ether oxygens (including phenoxy) is 1. The summed E-state index contributed by atoms with van der Waals surface area (Å²) in [6.45, 7) is 1.17. The Morgan fingerprint density at radius 2 is 1.95 bits per heavy atom. The van der Waals surface area contributed by atoms with Crippen LogP contribution in [0.1, 0.15) is 18.4 Å². The highest BCUT2D eigenvalue weighted by Gasteiger charge is 2.21. The summed E-state index contributed by atoms with van der Waals surface area (Å²) >= 11 is 0. The van der Waals surface area contributed by atoms with Gasteiger partial charge in [0.2, 0.25) is 6.20 Å². The van der Waals surface area contributed by atoms with Crippen LogP contribution < -0.4 is 0 Å². The first-order valence-electron chi connectivity index (χ1n) is 6.44. The van der Waals surface area contributed by atoms with Crippen LogP contribution in [-0.4, -0.2) is 29.0 Å². The van der Waals surface area contributed by atoms with Gasteiger partial charge >= 0.3 is 6.09 Å². The summed E-state index contributed by atoms with van der Waals surface area (Å²) < 4.78 is 5.22. The molecule has 1 aromatic rings. The molecule has 0 N–H and O–H groups in total. The van der Waals surface area contributed by atoms with Gasteiger partial charge in [0.15, 0.2) is 0 Å². The molecular weight excluding hydrogens is 260 g/mol. The van der Waals surface area contributed by atoms with Crippen LogP contribution in [0.25, 0.3) is 0 Å². The Labute approximate surface area is 116 Å². The molecule has 1 fully saturated rings. The van der Waals surface area contributed by atoms with Crippen LogP contribution in [0.15, 0.2) is 42.1 Å². The zero-order valence-corrected chi connectivity index (χ0v) is 11.0. The maximum Gasteiger partial charge on any atom is 0.410 e. The van der Waals surface area contributed by atoms with Crippen molar-refractivity contribution in [3.05, 3.63) is 57.8 Å². The zero-order valence-electron chi connectivity index (χ0n) is 11.0. The predicted octanol–water partition coefficient (Wildman–Crippen LogP) is 2.58. The third kappa shape index (κ3) is 4.08. The third-order valence-corrected chi connectivity index (χ3v) is 3.16. The second-order valence-electron chi connectivity index (χ2n) is 4.60. The van der Waals surface area contributed by atoms with Crippen molar-refractivity contribution in [3.8, 4) is 0 Å². The lowest BCUT2D eigenvalue weighted by molar-refractivity contribution is -0.403. The number of amides is 1. The van der Waals surface area contributed by atoms with Crippen LogP contribution in [0.2, 0.25) is 0 Å². The molecule has 0 radical (unpaired) electrons. The number of carbonyl (C=O) groups is 1. The molecule has 20 heavy (non-hydrogen) atoms. The average Bonchev–Trinajstić information content (AvgIpc) is 2.46. The van der Waals surface area contributed by atoms with Crippen LogP contribution in [0.4, 0.5) is 4.79 Å². The van der Waals surface area contributed by atoms with E-state index in [1.165, 1.54) is 0 Å². The maximum absolute atomic E-state index is 11.9. The molecule has 6 heteroatoms. The second kappa shape index (κ2) is 6.70. The minimum Gasteiger partial charge on any atom is -0.445 e. The van der Waals surface area contributed by atoms with E-state index in [2.05, 4.69) is 0 Å². The van der Waals surface area contributed by atoms with E-state index in [4.69, 9.17) is 4.74 Å². The van der Waals surface area contributed by atoms with E-state index in [0.717, 1.165) is 17.3 Å². The minimum atomic E-state index is -0.446. The molecule has 6 nitrogen and oxygen atoms in total. The first-order chi connectivity index (χ1) is 9.65. The van der Waals surface area contributed by atoms with Gasteiger partial charge in [-0.05, 0) is 18.4 Å². The van der Waals surface area contributed by atoms with Crippen molar-refractivity contribution in [3.63, 3.8) is 0 Å². The van der Waals surface area contributed by atoms with Crippen LogP contribution in [0.5, 0.6) is 0 Å². The molecule has 2 rings (SSSR count). The van der Waals surface area contributed by atoms with Crippen LogP contribution in [0, 0.1) is 10.1 Å². The fourth-order valence-electron chi connectivity index (χ4n) is 2.07. The normalized spacial score (nSPS) is 14.8. The Morgan fingerprint density at radius 3 is 2.55 bits per heavy atom. The lowest BCUT2D eigenvalue weighted by Crippen LogP contribution is -2.36. The van der Waals surface area contributed by atoms with Crippen molar-refractivity contribution in [1.82, 2.24) is 4.90 Å². The molecule has 0 atom stereocenters. The Morgan fingerprint density at radius 1 is 1.30 bits per heavy atom. The van der Waals surface area contributed by atoms with Crippen molar-refractivity contribution in [1.29, 1.82) is 0 Å². The number of nitrogens with zero attached hydrogens (tertiary/aromatic N) is 2. The molecule has 1 saturated heterocycles. The molecule has 106 valence electrons.